The van der Waals surface area contributed by atoms with Crippen molar-refractivity contribution in [3.8, 4) is 11.1 Å². The van der Waals surface area contributed by atoms with Crippen molar-refractivity contribution in [2.75, 3.05) is 5.73 Å². The summed E-state index contributed by atoms with van der Waals surface area (Å²) in [6.45, 7) is 1.97. The number of halogens is 2. The second-order valence-electron chi connectivity index (χ2n) is 3.70. The molecule has 82 valence electrons. The van der Waals surface area contributed by atoms with Gasteiger partial charge in [0.25, 0.3) is 0 Å². The van der Waals surface area contributed by atoms with Crippen molar-refractivity contribution in [1.82, 2.24) is 0 Å². The number of hydrogen-bond donors (Lipinski definition) is 1. The topological polar surface area (TPSA) is 26.0 Å². The standard InChI is InChI=1S/C13H11Cl2N/c1-8-2-3-9(6-12(8)15)11-5-4-10(14)7-13(11)16/h2-7H,16H2,1H3. The van der Waals surface area contributed by atoms with Gasteiger partial charge in [0, 0.05) is 21.3 Å². The van der Waals surface area contributed by atoms with Crippen LogP contribution in [0.4, 0.5) is 5.69 Å². The van der Waals surface area contributed by atoms with Crippen molar-refractivity contribution in [2.24, 2.45) is 0 Å². The highest BCUT2D eigenvalue weighted by Crippen LogP contribution is 2.30. The van der Waals surface area contributed by atoms with Gasteiger partial charge in [0.05, 0.1) is 0 Å². The van der Waals surface area contributed by atoms with Crippen LogP contribution in [-0.2, 0) is 0 Å². The number of nitrogens with two attached hydrogens (primary N) is 1. The first kappa shape index (κ1) is 11.3. The molecule has 3 heteroatoms. The first-order valence-corrected chi connectivity index (χ1v) is 5.65. The van der Waals surface area contributed by atoms with Crippen LogP contribution in [0, 0.1) is 6.92 Å². The van der Waals surface area contributed by atoms with E-state index in [0.717, 1.165) is 21.7 Å². The van der Waals surface area contributed by atoms with Crippen LogP contribution in [-0.4, -0.2) is 0 Å². The molecule has 0 fully saturated rings. The lowest BCUT2D eigenvalue weighted by atomic mass is 10.0. The average Bonchev–Trinajstić information content (AvgIpc) is 2.22. The van der Waals surface area contributed by atoms with E-state index < -0.39 is 0 Å². The van der Waals surface area contributed by atoms with Gasteiger partial charge in [-0.15, -0.1) is 0 Å². The molecule has 0 amide bonds. The zero-order valence-corrected chi connectivity index (χ0v) is 10.3. The summed E-state index contributed by atoms with van der Waals surface area (Å²) < 4.78 is 0. The van der Waals surface area contributed by atoms with Crippen LogP contribution < -0.4 is 5.73 Å². The molecule has 0 bridgehead atoms. The van der Waals surface area contributed by atoms with E-state index in [1.54, 1.807) is 6.07 Å². The molecule has 2 rings (SSSR count). The van der Waals surface area contributed by atoms with E-state index in [4.69, 9.17) is 28.9 Å². The molecule has 2 N–H and O–H groups in total. The third kappa shape index (κ3) is 2.16. The highest BCUT2D eigenvalue weighted by molar-refractivity contribution is 6.32. The van der Waals surface area contributed by atoms with E-state index in [1.807, 2.05) is 37.3 Å². The van der Waals surface area contributed by atoms with E-state index >= 15 is 0 Å². The predicted molar refractivity (Wildman–Crippen MR) is 71.0 cm³/mol. The minimum absolute atomic E-state index is 0.638. The van der Waals surface area contributed by atoms with E-state index in [9.17, 15) is 0 Å². The first-order chi connectivity index (χ1) is 7.58. The van der Waals surface area contributed by atoms with Crippen molar-refractivity contribution in [2.45, 2.75) is 6.92 Å². The Bertz CT molecular complexity index is 535. The van der Waals surface area contributed by atoms with Gasteiger partial charge >= 0.3 is 0 Å². The second-order valence-corrected chi connectivity index (χ2v) is 4.54. The molecule has 0 aromatic heterocycles. The molecule has 0 heterocycles. The maximum absolute atomic E-state index is 6.08. The summed E-state index contributed by atoms with van der Waals surface area (Å²) in [5, 5.41) is 1.38. The van der Waals surface area contributed by atoms with Crippen LogP contribution in [0.2, 0.25) is 10.0 Å². The Morgan fingerprint density at radius 1 is 1.00 bits per heavy atom. The summed E-state index contributed by atoms with van der Waals surface area (Å²) in [4.78, 5) is 0. The molecule has 0 unspecified atom stereocenters. The summed E-state index contributed by atoms with van der Waals surface area (Å²) in [6.07, 6.45) is 0. The first-order valence-electron chi connectivity index (χ1n) is 4.89. The monoisotopic (exact) mass is 251 g/mol. The molecular formula is C13H11Cl2N. The van der Waals surface area contributed by atoms with Crippen LogP contribution in [0.3, 0.4) is 0 Å². The Kier molecular flexibility index (Phi) is 3.08. The molecule has 0 spiro atoms. The average molecular weight is 252 g/mol. The van der Waals surface area contributed by atoms with Gasteiger partial charge in [0.2, 0.25) is 0 Å². The van der Waals surface area contributed by atoms with Crippen molar-refractivity contribution in [3.05, 3.63) is 52.0 Å². The molecule has 2 aromatic carbocycles. The molecule has 2 aromatic rings. The van der Waals surface area contributed by atoms with Crippen molar-refractivity contribution < 1.29 is 0 Å². The fourth-order valence-corrected chi connectivity index (χ4v) is 1.92. The summed E-state index contributed by atoms with van der Waals surface area (Å²) in [7, 11) is 0. The maximum Gasteiger partial charge on any atom is 0.0441 e. The molecule has 1 nitrogen and oxygen atoms in total. The van der Waals surface area contributed by atoms with E-state index in [1.165, 1.54) is 0 Å². The van der Waals surface area contributed by atoms with Gasteiger partial charge in [-0.3, -0.25) is 0 Å². The van der Waals surface area contributed by atoms with Gasteiger partial charge in [-0.05, 0) is 36.2 Å². The van der Waals surface area contributed by atoms with Crippen molar-refractivity contribution >= 4 is 28.9 Å². The fourth-order valence-electron chi connectivity index (χ4n) is 1.56. The Morgan fingerprint density at radius 3 is 2.38 bits per heavy atom. The van der Waals surface area contributed by atoms with Gasteiger partial charge in [0.1, 0.15) is 0 Å². The second kappa shape index (κ2) is 4.36. The van der Waals surface area contributed by atoms with Crippen LogP contribution >= 0.6 is 23.2 Å². The van der Waals surface area contributed by atoms with Gasteiger partial charge in [-0.2, -0.15) is 0 Å². The van der Waals surface area contributed by atoms with Crippen LogP contribution in [0.25, 0.3) is 11.1 Å². The molecule has 16 heavy (non-hydrogen) atoms. The predicted octanol–water partition coefficient (Wildman–Crippen LogP) is 4.55. The Labute approximate surface area is 105 Å². The Balaban J connectivity index is 2.54. The molecule has 0 aliphatic rings. The maximum atomic E-state index is 6.08. The van der Waals surface area contributed by atoms with Gasteiger partial charge in [0.15, 0.2) is 0 Å². The number of hydrogen-bond acceptors (Lipinski definition) is 1. The van der Waals surface area contributed by atoms with Gasteiger partial charge in [-0.1, -0.05) is 41.4 Å². The minimum Gasteiger partial charge on any atom is -0.398 e. The lowest BCUT2D eigenvalue weighted by Gasteiger charge is -2.07. The molecule has 0 atom stereocenters. The number of aryl methyl sites for hydroxylation is 1. The summed E-state index contributed by atoms with van der Waals surface area (Å²) in [5.74, 6) is 0. The fraction of sp³-hybridized carbons (Fsp3) is 0.0769. The molecule has 0 saturated carbocycles. The smallest absolute Gasteiger partial charge is 0.0441 e. The molecule has 0 saturated heterocycles. The van der Waals surface area contributed by atoms with E-state index in [-0.39, 0.29) is 0 Å². The lowest BCUT2D eigenvalue weighted by molar-refractivity contribution is 1.47. The summed E-state index contributed by atoms with van der Waals surface area (Å²) >= 11 is 11.9. The van der Waals surface area contributed by atoms with Crippen molar-refractivity contribution in [3.63, 3.8) is 0 Å². The third-order valence-corrected chi connectivity index (χ3v) is 3.14. The minimum atomic E-state index is 0.638. The molecule has 0 radical (unpaired) electrons. The summed E-state index contributed by atoms with van der Waals surface area (Å²) in [5.41, 5.74) is 9.58. The summed E-state index contributed by atoms with van der Waals surface area (Å²) in [6, 6.07) is 11.4. The Morgan fingerprint density at radius 2 is 1.75 bits per heavy atom. The molecular weight excluding hydrogens is 241 g/mol. The third-order valence-electron chi connectivity index (χ3n) is 2.50. The van der Waals surface area contributed by atoms with E-state index in [0.29, 0.717) is 10.7 Å². The lowest BCUT2D eigenvalue weighted by Crippen LogP contribution is -1.90. The zero-order valence-electron chi connectivity index (χ0n) is 8.80. The quantitative estimate of drug-likeness (QED) is 0.740. The number of nitrogen functional groups attached to an aromatic ring is 1. The van der Waals surface area contributed by atoms with E-state index in [2.05, 4.69) is 0 Å². The number of benzene rings is 2. The number of anilines is 1. The van der Waals surface area contributed by atoms with Crippen molar-refractivity contribution in [1.29, 1.82) is 0 Å². The molecule has 0 aliphatic carbocycles. The van der Waals surface area contributed by atoms with Gasteiger partial charge < -0.3 is 5.73 Å². The van der Waals surface area contributed by atoms with Crippen LogP contribution in [0.5, 0.6) is 0 Å². The zero-order chi connectivity index (χ0) is 11.7. The highest BCUT2D eigenvalue weighted by Gasteiger charge is 2.04. The SMILES string of the molecule is Cc1ccc(-c2ccc(Cl)cc2N)cc1Cl. The van der Waals surface area contributed by atoms with Crippen LogP contribution in [0.1, 0.15) is 5.56 Å². The normalized spacial score (nSPS) is 10.4. The molecule has 0 aliphatic heterocycles. The number of rotatable bonds is 1. The Hall–Kier alpha value is -1.18. The largest absolute Gasteiger partial charge is 0.398 e. The van der Waals surface area contributed by atoms with Crippen LogP contribution in [0.15, 0.2) is 36.4 Å². The highest BCUT2D eigenvalue weighted by atomic mass is 35.5. The van der Waals surface area contributed by atoms with Gasteiger partial charge in [-0.25, -0.2) is 0 Å².